The highest BCUT2D eigenvalue weighted by Gasteiger charge is 2.29. The normalized spacial score (nSPS) is 15.4. The second kappa shape index (κ2) is 11.1. The number of carbonyl (C=O) groups excluding carboxylic acids is 1. The number of aromatic nitrogens is 2. The summed E-state index contributed by atoms with van der Waals surface area (Å²) in [5.74, 6) is 0.00594. The van der Waals surface area contributed by atoms with Gasteiger partial charge >= 0.3 is 0 Å². The minimum absolute atomic E-state index is 0. The van der Waals surface area contributed by atoms with Crippen molar-refractivity contribution in [2.45, 2.75) is 19.4 Å². The highest BCUT2D eigenvalue weighted by Crippen LogP contribution is 2.33. The van der Waals surface area contributed by atoms with Gasteiger partial charge in [0.05, 0.1) is 13.5 Å². The molecule has 3 aromatic carbocycles. The first kappa shape index (κ1) is 26.3. The highest BCUT2D eigenvalue weighted by atomic mass is 35.5. The van der Waals surface area contributed by atoms with Gasteiger partial charge in [0.1, 0.15) is 23.1 Å². The second-order valence-corrected chi connectivity index (χ2v) is 8.94. The molecule has 37 heavy (non-hydrogen) atoms. The van der Waals surface area contributed by atoms with Crippen molar-refractivity contribution in [3.8, 4) is 17.0 Å². The predicted octanol–water partition coefficient (Wildman–Crippen LogP) is 5.29. The Morgan fingerprint density at radius 1 is 1.00 bits per heavy atom. The molecule has 1 amide bonds. The third-order valence-corrected chi connectivity index (χ3v) is 6.64. The summed E-state index contributed by atoms with van der Waals surface area (Å²) in [6.45, 7) is 3.58. The zero-order valence-corrected chi connectivity index (χ0v) is 21.3. The monoisotopic (exact) mass is 524 g/mol. The van der Waals surface area contributed by atoms with E-state index in [9.17, 15) is 13.6 Å². The van der Waals surface area contributed by atoms with Crippen LogP contribution in [0.3, 0.4) is 0 Å². The summed E-state index contributed by atoms with van der Waals surface area (Å²) in [6, 6.07) is 18.9. The fraction of sp³-hybridized carbons (Fsp3) is 0.250. The maximum atomic E-state index is 14.1. The average Bonchev–Trinajstić information content (AvgIpc) is 2.89. The van der Waals surface area contributed by atoms with Crippen LogP contribution in [0.4, 0.5) is 14.6 Å². The lowest BCUT2D eigenvalue weighted by molar-refractivity contribution is -0.132. The van der Waals surface area contributed by atoms with Gasteiger partial charge in [0.15, 0.2) is 5.82 Å². The van der Waals surface area contributed by atoms with Gasteiger partial charge in [0.25, 0.3) is 0 Å². The SMILES string of the molecule is COc1ccc(-c2nnc(N3CCN(C(=O)Cc4ccc(F)cc4F)[C@@H](C)C3)c3ccccc23)cc1.Cl. The Bertz CT molecular complexity index is 1420. The molecule has 1 aliphatic heterocycles. The van der Waals surface area contributed by atoms with E-state index in [0.717, 1.165) is 39.7 Å². The molecule has 0 aliphatic carbocycles. The fourth-order valence-corrected chi connectivity index (χ4v) is 4.74. The van der Waals surface area contributed by atoms with E-state index in [1.807, 2.05) is 55.5 Å². The van der Waals surface area contributed by atoms with Crippen LogP contribution in [0, 0.1) is 11.6 Å². The van der Waals surface area contributed by atoms with Gasteiger partial charge in [0.2, 0.25) is 5.91 Å². The van der Waals surface area contributed by atoms with Crippen molar-refractivity contribution in [3.63, 3.8) is 0 Å². The number of piperazine rings is 1. The molecule has 6 nitrogen and oxygen atoms in total. The Hall–Kier alpha value is -3.78. The summed E-state index contributed by atoms with van der Waals surface area (Å²) >= 11 is 0. The van der Waals surface area contributed by atoms with E-state index in [2.05, 4.69) is 15.1 Å². The van der Waals surface area contributed by atoms with E-state index < -0.39 is 11.6 Å². The molecule has 0 radical (unpaired) electrons. The molecule has 1 saturated heterocycles. The average molecular weight is 525 g/mol. The topological polar surface area (TPSA) is 58.6 Å². The molecule has 4 aromatic rings. The van der Waals surface area contributed by atoms with Crippen LogP contribution in [0.25, 0.3) is 22.0 Å². The van der Waals surface area contributed by atoms with Crippen LogP contribution in [0.2, 0.25) is 0 Å². The molecule has 0 saturated carbocycles. The largest absolute Gasteiger partial charge is 0.497 e. The van der Waals surface area contributed by atoms with Gasteiger partial charge in [-0.1, -0.05) is 30.3 Å². The summed E-state index contributed by atoms with van der Waals surface area (Å²) < 4.78 is 32.5. The molecule has 0 bridgehead atoms. The number of anilines is 1. The van der Waals surface area contributed by atoms with Crippen molar-refractivity contribution < 1.29 is 18.3 Å². The third-order valence-electron chi connectivity index (χ3n) is 6.64. The van der Waals surface area contributed by atoms with Gasteiger partial charge in [-0.25, -0.2) is 8.78 Å². The molecule has 2 heterocycles. The molecule has 1 fully saturated rings. The van der Waals surface area contributed by atoms with Crippen LogP contribution < -0.4 is 9.64 Å². The number of fused-ring (bicyclic) bond motifs is 1. The van der Waals surface area contributed by atoms with Gasteiger partial charge in [-0.15, -0.1) is 22.6 Å². The molecular weight excluding hydrogens is 498 g/mol. The molecule has 192 valence electrons. The minimum atomic E-state index is -0.701. The van der Waals surface area contributed by atoms with Crippen LogP contribution in [-0.4, -0.2) is 53.8 Å². The fourth-order valence-electron chi connectivity index (χ4n) is 4.74. The Balaban J connectivity index is 0.00000320. The first-order valence-electron chi connectivity index (χ1n) is 11.8. The quantitative estimate of drug-likeness (QED) is 0.355. The number of nitrogens with zero attached hydrogens (tertiary/aromatic N) is 4. The number of benzene rings is 3. The van der Waals surface area contributed by atoms with Crippen LogP contribution in [0.5, 0.6) is 5.75 Å². The summed E-state index contributed by atoms with van der Waals surface area (Å²) in [4.78, 5) is 16.8. The standard InChI is InChI=1S/C28H26F2N4O2.ClH/c1-18-17-33(13-14-34(18)26(35)15-20-7-10-21(29)16-25(20)30)28-24-6-4-3-5-23(24)27(31-32-28)19-8-11-22(36-2)12-9-19;/h3-12,16,18H,13-15,17H2,1-2H3;1H/t18-;/m0./s1. The number of methoxy groups -OCH3 is 1. The van der Waals surface area contributed by atoms with E-state index >= 15 is 0 Å². The van der Waals surface area contributed by atoms with E-state index in [-0.39, 0.29) is 36.3 Å². The number of halogens is 3. The smallest absolute Gasteiger partial charge is 0.227 e. The molecule has 1 aliphatic rings. The van der Waals surface area contributed by atoms with Crippen LogP contribution in [0.15, 0.2) is 66.7 Å². The first-order chi connectivity index (χ1) is 17.4. The zero-order chi connectivity index (χ0) is 25.2. The number of ether oxygens (including phenoxy) is 1. The predicted molar refractivity (Wildman–Crippen MR) is 142 cm³/mol. The van der Waals surface area contributed by atoms with E-state index in [4.69, 9.17) is 4.74 Å². The van der Waals surface area contributed by atoms with Gasteiger partial charge in [-0.2, -0.15) is 0 Å². The summed E-state index contributed by atoms with van der Waals surface area (Å²) in [7, 11) is 1.63. The summed E-state index contributed by atoms with van der Waals surface area (Å²) in [5, 5.41) is 11.1. The first-order valence-corrected chi connectivity index (χ1v) is 11.8. The van der Waals surface area contributed by atoms with Gasteiger partial charge in [-0.05, 0) is 42.8 Å². The molecule has 9 heteroatoms. The molecule has 0 unspecified atom stereocenters. The summed E-state index contributed by atoms with van der Waals surface area (Å²) in [6.07, 6.45) is -0.101. The molecule has 5 rings (SSSR count). The Kier molecular flexibility index (Phi) is 7.88. The second-order valence-electron chi connectivity index (χ2n) is 8.94. The maximum Gasteiger partial charge on any atom is 0.227 e. The van der Waals surface area contributed by atoms with E-state index in [1.165, 1.54) is 12.1 Å². The molecule has 1 atom stereocenters. The van der Waals surface area contributed by atoms with Crippen molar-refractivity contribution in [2.75, 3.05) is 31.6 Å². The van der Waals surface area contributed by atoms with Crippen molar-refractivity contribution in [1.29, 1.82) is 0 Å². The maximum absolute atomic E-state index is 14.1. The van der Waals surface area contributed by atoms with Gasteiger partial charge in [-0.3, -0.25) is 4.79 Å². The highest BCUT2D eigenvalue weighted by molar-refractivity contribution is 6.00. The van der Waals surface area contributed by atoms with Crippen molar-refractivity contribution in [2.24, 2.45) is 0 Å². The Morgan fingerprint density at radius 3 is 2.41 bits per heavy atom. The van der Waals surface area contributed by atoms with Gasteiger partial charge in [0, 0.05) is 48.1 Å². The number of rotatable bonds is 5. The van der Waals surface area contributed by atoms with Gasteiger partial charge < -0.3 is 14.5 Å². The Labute approximate surface area is 220 Å². The number of hydrogen-bond acceptors (Lipinski definition) is 5. The zero-order valence-electron chi connectivity index (χ0n) is 20.5. The van der Waals surface area contributed by atoms with Crippen molar-refractivity contribution in [3.05, 3.63) is 83.9 Å². The number of amides is 1. The lowest BCUT2D eigenvalue weighted by Gasteiger charge is -2.40. The molecule has 0 N–H and O–H groups in total. The lowest BCUT2D eigenvalue weighted by Crippen LogP contribution is -2.54. The number of carbonyl (C=O) groups is 1. The molecular formula is C28H27ClF2N4O2. The molecule has 1 aromatic heterocycles. The van der Waals surface area contributed by atoms with Crippen molar-refractivity contribution >= 4 is 34.9 Å². The van der Waals surface area contributed by atoms with E-state index in [0.29, 0.717) is 19.6 Å². The molecule has 0 spiro atoms. The summed E-state index contributed by atoms with van der Waals surface area (Å²) in [5.41, 5.74) is 1.94. The minimum Gasteiger partial charge on any atom is -0.497 e. The van der Waals surface area contributed by atoms with E-state index in [1.54, 1.807) is 12.0 Å². The number of hydrogen-bond donors (Lipinski definition) is 0. The lowest BCUT2D eigenvalue weighted by atomic mass is 10.0. The van der Waals surface area contributed by atoms with Crippen molar-refractivity contribution in [1.82, 2.24) is 15.1 Å². The van der Waals surface area contributed by atoms with Crippen LogP contribution in [-0.2, 0) is 11.2 Å². The Morgan fingerprint density at radius 2 is 1.73 bits per heavy atom. The van der Waals surface area contributed by atoms with Crippen LogP contribution >= 0.6 is 12.4 Å². The van der Waals surface area contributed by atoms with Crippen LogP contribution in [0.1, 0.15) is 12.5 Å². The third kappa shape index (κ3) is 5.34.